The minimum absolute atomic E-state index is 0.0728. The zero-order valence-corrected chi connectivity index (χ0v) is 15.2. The van der Waals surface area contributed by atoms with Crippen LogP contribution in [0.5, 0.6) is 0 Å². The molecular formula is C19H23N3O4. The number of aromatic nitrogens is 2. The fraction of sp³-hybridized carbons (Fsp3) is 0.421. The number of nitrogens with zero attached hydrogens (tertiary/aromatic N) is 3. The molecule has 7 heteroatoms. The molecule has 2 aromatic rings. The molecule has 1 aliphatic rings. The van der Waals surface area contributed by atoms with Gasteiger partial charge in [0, 0.05) is 17.8 Å². The number of para-hydroxylation sites is 1. The third kappa shape index (κ3) is 3.62. The van der Waals surface area contributed by atoms with Crippen molar-refractivity contribution in [1.82, 2.24) is 14.7 Å². The van der Waals surface area contributed by atoms with E-state index in [0.717, 1.165) is 22.6 Å². The van der Waals surface area contributed by atoms with E-state index in [1.807, 2.05) is 48.9 Å². The monoisotopic (exact) mass is 357 g/mol. The van der Waals surface area contributed by atoms with E-state index in [1.54, 1.807) is 11.8 Å². The van der Waals surface area contributed by atoms with Gasteiger partial charge in [0.1, 0.15) is 0 Å². The van der Waals surface area contributed by atoms with Gasteiger partial charge in [-0.15, -0.1) is 0 Å². The number of carbonyl (C=O) groups excluding carboxylic acids is 1. The number of amides is 1. The van der Waals surface area contributed by atoms with Crippen LogP contribution in [0.15, 0.2) is 30.3 Å². The Kier molecular flexibility index (Phi) is 5.08. The molecule has 1 N–H and O–H groups in total. The van der Waals surface area contributed by atoms with Gasteiger partial charge in [-0.2, -0.15) is 5.10 Å². The molecule has 138 valence electrons. The molecule has 2 heterocycles. The van der Waals surface area contributed by atoms with Gasteiger partial charge < -0.3 is 14.7 Å². The van der Waals surface area contributed by atoms with Crippen molar-refractivity contribution in [2.45, 2.75) is 39.4 Å². The molecule has 1 aromatic heterocycles. The minimum Gasteiger partial charge on any atom is -0.479 e. The maximum absolute atomic E-state index is 12.8. The number of aryl methyl sites for hydroxylation is 1. The van der Waals surface area contributed by atoms with E-state index in [2.05, 4.69) is 5.10 Å². The molecule has 1 aliphatic heterocycles. The number of benzene rings is 1. The van der Waals surface area contributed by atoms with Gasteiger partial charge >= 0.3 is 5.97 Å². The van der Waals surface area contributed by atoms with Crippen molar-refractivity contribution in [2.24, 2.45) is 0 Å². The Bertz CT molecular complexity index is 816. The highest BCUT2D eigenvalue weighted by Crippen LogP contribution is 2.20. The van der Waals surface area contributed by atoms with Gasteiger partial charge in [0.05, 0.1) is 30.5 Å². The number of aliphatic carboxylic acids is 1. The second kappa shape index (κ2) is 7.29. The molecule has 0 bridgehead atoms. The van der Waals surface area contributed by atoms with Crippen LogP contribution in [0.2, 0.25) is 0 Å². The van der Waals surface area contributed by atoms with E-state index < -0.39 is 12.1 Å². The van der Waals surface area contributed by atoms with Gasteiger partial charge in [-0.3, -0.25) is 4.79 Å². The number of hydrogen-bond donors (Lipinski definition) is 1. The number of carbonyl (C=O) groups is 2. The molecule has 0 saturated carbocycles. The summed E-state index contributed by atoms with van der Waals surface area (Å²) in [6, 6.07) is 9.76. The average molecular weight is 357 g/mol. The van der Waals surface area contributed by atoms with E-state index >= 15 is 0 Å². The molecule has 1 amide bonds. The summed E-state index contributed by atoms with van der Waals surface area (Å²) in [6.07, 6.45) is -1.08. The van der Waals surface area contributed by atoms with Crippen molar-refractivity contribution in [3.63, 3.8) is 0 Å². The summed E-state index contributed by atoms with van der Waals surface area (Å²) in [5, 5.41) is 13.8. The number of ether oxygens (including phenoxy) is 1. The Balaban J connectivity index is 1.79. The Morgan fingerprint density at radius 2 is 1.92 bits per heavy atom. The number of carboxylic acid groups (broad SMARTS) is 1. The first kappa shape index (κ1) is 18.1. The quantitative estimate of drug-likeness (QED) is 0.901. The first-order valence-corrected chi connectivity index (χ1v) is 8.63. The smallest absolute Gasteiger partial charge is 0.334 e. The Labute approximate surface area is 152 Å². The van der Waals surface area contributed by atoms with Gasteiger partial charge in [-0.25, -0.2) is 9.48 Å². The summed E-state index contributed by atoms with van der Waals surface area (Å²) in [6.45, 7) is 6.07. The van der Waals surface area contributed by atoms with Crippen molar-refractivity contribution >= 4 is 11.9 Å². The van der Waals surface area contributed by atoms with Crippen molar-refractivity contribution in [3.8, 4) is 5.69 Å². The molecule has 0 aliphatic carbocycles. The highest BCUT2D eigenvalue weighted by atomic mass is 16.5. The zero-order valence-electron chi connectivity index (χ0n) is 15.2. The maximum atomic E-state index is 12.8. The lowest BCUT2D eigenvalue weighted by atomic mass is 10.1. The van der Waals surface area contributed by atoms with Gasteiger partial charge in [-0.05, 0) is 32.9 Å². The molecule has 0 radical (unpaired) electrons. The number of carboxylic acids is 1. The van der Waals surface area contributed by atoms with E-state index in [4.69, 9.17) is 4.74 Å². The fourth-order valence-corrected chi connectivity index (χ4v) is 3.31. The summed E-state index contributed by atoms with van der Waals surface area (Å²) in [5.41, 5.74) is 3.54. The van der Waals surface area contributed by atoms with Crippen LogP contribution in [0.25, 0.3) is 5.69 Å². The van der Waals surface area contributed by atoms with Crippen molar-refractivity contribution in [3.05, 3.63) is 47.3 Å². The summed E-state index contributed by atoms with van der Waals surface area (Å²) in [5.74, 6) is -1.15. The Hall–Kier alpha value is -2.67. The first-order chi connectivity index (χ1) is 12.4. The third-order valence-electron chi connectivity index (χ3n) is 4.66. The van der Waals surface area contributed by atoms with Crippen molar-refractivity contribution in [1.29, 1.82) is 0 Å². The predicted molar refractivity (Wildman–Crippen MR) is 95.3 cm³/mol. The van der Waals surface area contributed by atoms with Gasteiger partial charge in [-0.1, -0.05) is 18.2 Å². The Morgan fingerprint density at radius 3 is 2.58 bits per heavy atom. The molecule has 26 heavy (non-hydrogen) atoms. The molecule has 3 rings (SSSR count). The van der Waals surface area contributed by atoms with Crippen LogP contribution in [-0.4, -0.2) is 57.0 Å². The predicted octanol–water partition coefficient (Wildman–Crippen LogP) is 1.73. The van der Waals surface area contributed by atoms with Crippen LogP contribution in [-0.2, 0) is 20.7 Å². The van der Waals surface area contributed by atoms with E-state index in [9.17, 15) is 14.7 Å². The lowest BCUT2D eigenvalue weighted by Gasteiger charge is -2.35. The summed E-state index contributed by atoms with van der Waals surface area (Å²) >= 11 is 0. The minimum atomic E-state index is -1.04. The molecule has 1 unspecified atom stereocenters. The molecule has 1 aromatic carbocycles. The fourth-order valence-electron chi connectivity index (χ4n) is 3.31. The van der Waals surface area contributed by atoms with E-state index in [1.165, 1.54) is 0 Å². The van der Waals surface area contributed by atoms with Gasteiger partial charge in [0.25, 0.3) is 0 Å². The van der Waals surface area contributed by atoms with Crippen LogP contribution in [0.1, 0.15) is 23.9 Å². The molecule has 7 nitrogen and oxygen atoms in total. The first-order valence-electron chi connectivity index (χ1n) is 8.63. The lowest BCUT2D eigenvalue weighted by molar-refractivity contribution is -0.166. The molecular weight excluding hydrogens is 334 g/mol. The van der Waals surface area contributed by atoms with Gasteiger partial charge in [0.2, 0.25) is 5.91 Å². The highest BCUT2D eigenvalue weighted by molar-refractivity contribution is 5.81. The number of morpholine rings is 1. The van der Waals surface area contributed by atoms with Crippen LogP contribution in [0.3, 0.4) is 0 Å². The Morgan fingerprint density at radius 1 is 1.23 bits per heavy atom. The largest absolute Gasteiger partial charge is 0.479 e. The summed E-state index contributed by atoms with van der Waals surface area (Å²) < 4.78 is 7.21. The molecule has 1 fully saturated rings. The highest BCUT2D eigenvalue weighted by Gasteiger charge is 2.33. The lowest BCUT2D eigenvalue weighted by Crippen LogP contribution is -2.52. The average Bonchev–Trinajstić information content (AvgIpc) is 2.90. The van der Waals surface area contributed by atoms with E-state index in [0.29, 0.717) is 6.54 Å². The topological polar surface area (TPSA) is 84.7 Å². The standard InChI is InChI=1S/C19H23N3O4/c1-12-10-21(11-17(26-12)19(24)25)18(23)9-16-13(2)20-22(14(16)3)15-7-5-4-6-8-15/h4-8,12,17H,9-11H2,1-3H3,(H,24,25)/t12-,17?/m1/s1. The van der Waals surface area contributed by atoms with Crippen LogP contribution >= 0.6 is 0 Å². The SMILES string of the molecule is Cc1nn(-c2ccccc2)c(C)c1CC(=O)N1CC(C(=O)O)O[C@H](C)C1. The van der Waals surface area contributed by atoms with Gasteiger partial charge in [0.15, 0.2) is 6.10 Å². The maximum Gasteiger partial charge on any atom is 0.334 e. The summed E-state index contributed by atoms with van der Waals surface area (Å²) in [4.78, 5) is 25.6. The number of hydrogen-bond acceptors (Lipinski definition) is 4. The zero-order chi connectivity index (χ0) is 18.8. The van der Waals surface area contributed by atoms with Crippen molar-refractivity contribution in [2.75, 3.05) is 13.1 Å². The second-order valence-electron chi connectivity index (χ2n) is 6.65. The van der Waals surface area contributed by atoms with Crippen LogP contribution in [0.4, 0.5) is 0 Å². The summed E-state index contributed by atoms with van der Waals surface area (Å²) in [7, 11) is 0. The van der Waals surface area contributed by atoms with E-state index in [-0.39, 0.29) is 25.0 Å². The normalized spacial score (nSPS) is 20.2. The van der Waals surface area contributed by atoms with Crippen LogP contribution < -0.4 is 0 Å². The van der Waals surface area contributed by atoms with Crippen LogP contribution in [0, 0.1) is 13.8 Å². The molecule has 1 saturated heterocycles. The second-order valence-corrected chi connectivity index (χ2v) is 6.65. The molecule has 0 spiro atoms. The molecule has 2 atom stereocenters. The number of rotatable bonds is 4. The third-order valence-corrected chi connectivity index (χ3v) is 4.66. The van der Waals surface area contributed by atoms with Crippen molar-refractivity contribution < 1.29 is 19.4 Å².